The summed E-state index contributed by atoms with van der Waals surface area (Å²) < 4.78 is 28.5. The average molecular weight is 430 g/mol. The van der Waals surface area contributed by atoms with Gasteiger partial charge < -0.3 is 9.80 Å². The predicted octanol–water partition coefficient (Wildman–Crippen LogP) is 4.07. The van der Waals surface area contributed by atoms with Crippen LogP contribution in [0.3, 0.4) is 0 Å². The molecule has 1 heterocycles. The Kier molecular flexibility index (Phi) is 5.42. The van der Waals surface area contributed by atoms with E-state index in [1.54, 1.807) is 10.4 Å². The lowest BCUT2D eigenvalue weighted by molar-refractivity contribution is 0.385. The van der Waals surface area contributed by atoms with Gasteiger partial charge in [-0.05, 0) is 30.3 Å². The van der Waals surface area contributed by atoms with Crippen LogP contribution in [0.1, 0.15) is 0 Å². The summed E-state index contributed by atoms with van der Waals surface area (Å²) in [7, 11) is 0.344. The number of halogens is 1. The van der Waals surface area contributed by atoms with Crippen molar-refractivity contribution in [3.05, 3.63) is 65.7 Å². The molecule has 0 aliphatic carbocycles. The zero-order valence-corrected chi connectivity index (χ0v) is 18.1. The average Bonchev–Trinajstić information content (AvgIpc) is 2.73. The molecule has 29 heavy (non-hydrogen) atoms. The van der Waals surface area contributed by atoms with E-state index in [0.29, 0.717) is 36.1 Å². The van der Waals surface area contributed by atoms with Crippen LogP contribution in [0, 0.1) is 0 Å². The molecule has 0 bridgehead atoms. The van der Waals surface area contributed by atoms with E-state index in [9.17, 15) is 8.42 Å². The number of nitrogens with zero attached hydrogens (tertiary/aromatic N) is 3. The monoisotopic (exact) mass is 429 g/mol. The van der Waals surface area contributed by atoms with E-state index >= 15 is 0 Å². The highest BCUT2D eigenvalue weighted by Gasteiger charge is 2.30. The Balaban J connectivity index is 1.62. The van der Waals surface area contributed by atoms with Crippen LogP contribution in [-0.2, 0) is 10.0 Å². The van der Waals surface area contributed by atoms with E-state index in [1.807, 2.05) is 73.6 Å². The third-order valence-corrected chi connectivity index (χ3v) is 7.56. The van der Waals surface area contributed by atoms with Crippen molar-refractivity contribution in [2.75, 3.05) is 50.1 Å². The first-order valence-corrected chi connectivity index (χ1v) is 11.4. The van der Waals surface area contributed by atoms with E-state index < -0.39 is 10.0 Å². The Hall–Kier alpha value is -2.28. The number of anilines is 2. The summed E-state index contributed by atoms with van der Waals surface area (Å²) in [5.41, 5.74) is 2.03. The van der Waals surface area contributed by atoms with Gasteiger partial charge in [0.25, 0.3) is 0 Å². The van der Waals surface area contributed by atoms with Crippen molar-refractivity contribution in [2.24, 2.45) is 0 Å². The number of sulfonamides is 1. The lowest BCUT2D eigenvalue weighted by Crippen LogP contribution is -2.48. The summed E-state index contributed by atoms with van der Waals surface area (Å²) in [5.74, 6) is 0. The van der Waals surface area contributed by atoms with Gasteiger partial charge in [-0.1, -0.05) is 41.9 Å². The second-order valence-electron chi connectivity index (χ2n) is 7.39. The van der Waals surface area contributed by atoms with Gasteiger partial charge in [-0.15, -0.1) is 0 Å². The van der Waals surface area contributed by atoms with Crippen molar-refractivity contribution in [2.45, 2.75) is 4.90 Å². The van der Waals surface area contributed by atoms with Gasteiger partial charge >= 0.3 is 0 Å². The lowest BCUT2D eigenvalue weighted by atomic mass is 10.1. The molecule has 1 saturated heterocycles. The van der Waals surface area contributed by atoms with Crippen LogP contribution in [0.2, 0.25) is 5.02 Å². The van der Waals surface area contributed by atoms with Crippen molar-refractivity contribution in [3.8, 4) is 0 Å². The molecule has 1 aliphatic heterocycles. The van der Waals surface area contributed by atoms with Crippen LogP contribution >= 0.6 is 11.6 Å². The van der Waals surface area contributed by atoms with Gasteiger partial charge in [0, 0.05) is 67.4 Å². The van der Waals surface area contributed by atoms with Crippen molar-refractivity contribution >= 4 is 43.8 Å². The fourth-order valence-corrected chi connectivity index (χ4v) is 5.69. The molecule has 7 heteroatoms. The van der Waals surface area contributed by atoms with E-state index in [2.05, 4.69) is 4.90 Å². The predicted molar refractivity (Wildman–Crippen MR) is 121 cm³/mol. The van der Waals surface area contributed by atoms with Crippen LogP contribution in [0.25, 0.3) is 10.8 Å². The Labute approximate surface area is 177 Å². The van der Waals surface area contributed by atoms with Crippen LogP contribution in [0.4, 0.5) is 11.4 Å². The number of hydrogen-bond acceptors (Lipinski definition) is 4. The number of benzene rings is 3. The van der Waals surface area contributed by atoms with Gasteiger partial charge in [-0.25, -0.2) is 8.42 Å². The molecule has 4 rings (SSSR count). The molecule has 0 amide bonds. The Morgan fingerprint density at radius 1 is 0.862 bits per heavy atom. The first-order chi connectivity index (χ1) is 13.9. The summed E-state index contributed by atoms with van der Waals surface area (Å²) in [6.45, 7) is 2.15. The standard InChI is InChI=1S/C22H24ClN3O2S/c1-24(2)21-10-4-9-20-19(21)8-5-11-22(20)29(27,28)26-14-12-25(13-15-26)18-7-3-6-17(23)16-18/h3-11,16H,12-15H2,1-2H3. The Morgan fingerprint density at radius 3 is 2.21 bits per heavy atom. The first-order valence-electron chi connectivity index (χ1n) is 9.57. The van der Waals surface area contributed by atoms with Crippen molar-refractivity contribution < 1.29 is 8.42 Å². The highest BCUT2D eigenvalue weighted by molar-refractivity contribution is 7.89. The maximum Gasteiger partial charge on any atom is 0.243 e. The highest BCUT2D eigenvalue weighted by Crippen LogP contribution is 2.32. The van der Waals surface area contributed by atoms with Crippen LogP contribution in [0.5, 0.6) is 0 Å². The third kappa shape index (κ3) is 3.80. The van der Waals surface area contributed by atoms with Crippen LogP contribution in [0.15, 0.2) is 65.6 Å². The molecule has 1 aliphatic rings. The summed E-state index contributed by atoms with van der Waals surface area (Å²) in [4.78, 5) is 4.54. The van der Waals surface area contributed by atoms with Gasteiger partial charge in [-0.2, -0.15) is 4.31 Å². The number of rotatable bonds is 4. The topological polar surface area (TPSA) is 43.9 Å². The quantitative estimate of drug-likeness (QED) is 0.627. The number of piperazine rings is 1. The summed E-state index contributed by atoms with van der Waals surface area (Å²) in [5, 5.41) is 2.39. The fourth-order valence-electron chi connectivity index (χ4n) is 3.88. The number of hydrogen-bond donors (Lipinski definition) is 0. The van der Waals surface area contributed by atoms with Gasteiger partial charge in [0.05, 0.1) is 4.90 Å². The molecule has 1 fully saturated rings. The molecule has 3 aromatic rings. The van der Waals surface area contributed by atoms with Gasteiger partial charge in [0.15, 0.2) is 0 Å². The molecule has 152 valence electrons. The van der Waals surface area contributed by atoms with Gasteiger partial charge in [0.2, 0.25) is 10.0 Å². The summed E-state index contributed by atoms with van der Waals surface area (Å²) in [6.07, 6.45) is 0. The van der Waals surface area contributed by atoms with E-state index in [-0.39, 0.29) is 0 Å². The Morgan fingerprint density at radius 2 is 1.52 bits per heavy atom. The fraction of sp³-hybridized carbons (Fsp3) is 0.273. The SMILES string of the molecule is CN(C)c1cccc2c(S(=O)(=O)N3CCN(c4cccc(Cl)c4)CC3)cccc12. The van der Waals surface area contributed by atoms with Crippen LogP contribution < -0.4 is 9.80 Å². The zero-order chi connectivity index (χ0) is 20.6. The molecule has 0 radical (unpaired) electrons. The number of fused-ring (bicyclic) bond motifs is 1. The molecule has 0 aromatic heterocycles. The van der Waals surface area contributed by atoms with Crippen molar-refractivity contribution in [1.29, 1.82) is 0 Å². The molecular formula is C22H24ClN3O2S. The molecule has 0 unspecified atom stereocenters. The summed E-state index contributed by atoms with van der Waals surface area (Å²) >= 11 is 6.10. The first kappa shape index (κ1) is 20.0. The van der Waals surface area contributed by atoms with Crippen molar-refractivity contribution in [1.82, 2.24) is 4.31 Å². The largest absolute Gasteiger partial charge is 0.377 e. The smallest absolute Gasteiger partial charge is 0.243 e. The molecule has 5 nitrogen and oxygen atoms in total. The maximum atomic E-state index is 13.5. The van der Waals surface area contributed by atoms with Gasteiger partial charge in [-0.3, -0.25) is 0 Å². The molecular weight excluding hydrogens is 406 g/mol. The second kappa shape index (κ2) is 7.86. The molecule has 0 spiro atoms. The second-order valence-corrected chi connectivity index (χ2v) is 9.74. The van der Waals surface area contributed by atoms with Crippen molar-refractivity contribution in [3.63, 3.8) is 0 Å². The van der Waals surface area contributed by atoms with E-state index in [0.717, 1.165) is 22.1 Å². The highest BCUT2D eigenvalue weighted by atomic mass is 35.5. The van der Waals surface area contributed by atoms with Crippen LogP contribution in [-0.4, -0.2) is 53.0 Å². The summed E-state index contributed by atoms with van der Waals surface area (Å²) in [6, 6.07) is 19.0. The van der Waals surface area contributed by atoms with E-state index in [4.69, 9.17) is 11.6 Å². The maximum absolute atomic E-state index is 13.5. The van der Waals surface area contributed by atoms with E-state index in [1.165, 1.54) is 0 Å². The zero-order valence-electron chi connectivity index (χ0n) is 16.5. The minimum absolute atomic E-state index is 0.370. The minimum atomic E-state index is -3.58. The lowest BCUT2D eigenvalue weighted by Gasteiger charge is -2.35. The minimum Gasteiger partial charge on any atom is -0.377 e. The molecule has 3 aromatic carbocycles. The van der Waals surface area contributed by atoms with Gasteiger partial charge in [0.1, 0.15) is 0 Å². The molecule has 0 N–H and O–H groups in total. The normalized spacial score (nSPS) is 15.6. The Bertz CT molecular complexity index is 1140. The third-order valence-electron chi connectivity index (χ3n) is 5.37. The molecule has 0 atom stereocenters. The molecule has 0 saturated carbocycles.